The zero-order valence-electron chi connectivity index (χ0n) is 18.4. The molecule has 2 aromatic carbocycles. The van der Waals surface area contributed by atoms with Crippen molar-refractivity contribution in [2.45, 2.75) is 30.7 Å². The predicted octanol–water partition coefficient (Wildman–Crippen LogP) is 1.77. The van der Waals surface area contributed by atoms with E-state index in [1.165, 1.54) is 19.2 Å². The van der Waals surface area contributed by atoms with Crippen LogP contribution in [0.4, 0.5) is 0 Å². The number of amides is 1. The lowest BCUT2D eigenvalue weighted by atomic mass is 10.0. The molecule has 0 aromatic heterocycles. The van der Waals surface area contributed by atoms with E-state index >= 15 is 0 Å². The first-order valence-electron chi connectivity index (χ1n) is 10.2. The third kappa shape index (κ3) is 8.60. The molecule has 0 saturated heterocycles. The number of sulfone groups is 1. The Morgan fingerprint density at radius 1 is 1.00 bits per heavy atom. The molecule has 0 aliphatic heterocycles. The number of benzene rings is 2. The van der Waals surface area contributed by atoms with Crippen molar-refractivity contribution in [3.63, 3.8) is 0 Å². The van der Waals surface area contributed by atoms with Crippen LogP contribution in [0.2, 0.25) is 0 Å². The zero-order chi connectivity index (χ0) is 23.8. The van der Waals surface area contributed by atoms with Crippen LogP contribution in [-0.2, 0) is 31.1 Å². The summed E-state index contributed by atoms with van der Waals surface area (Å²) in [5.41, 5.74) is 0.978. The Morgan fingerprint density at radius 2 is 1.62 bits per heavy atom. The molecule has 2 rings (SSSR count). The second kappa shape index (κ2) is 11.4. The van der Waals surface area contributed by atoms with E-state index in [4.69, 9.17) is 4.74 Å². The Labute approximate surface area is 190 Å². The van der Waals surface area contributed by atoms with Crippen LogP contribution >= 0.6 is 0 Å². The second-order valence-electron chi connectivity index (χ2n) is 7.75. The molecular weight excluding hydrogens is 452 g/mol. The van der Waals surface area contributed by atoms with Crippen LogP contribution in [0, 0.1) is 5.92 Å². The summed E-state index contributed by atoms with van der Waals surface area (Å²) >= 11 is 0. The van der Waals surface area contributed by atoms with Gasteiger partial charge in [-0.3, -0.25) is 4.79 Å². The first-order valence-corrected chi connectivity index (χ1v) is 13.7. The lowest BCUT2D eigenvalue weighted by Crippen LogP contribution is -2.43. The van der Waals surface area contributed by atoms with E-state index in [1.807, 2.05) is 30.3 Å². The highest BCUT2D eigenvalue weighted by Gasteiger charge is 2.22. The minimum atomic E-state index is -3.72. The molecule has 2 N–H and O–H groups in total. The maximum Gasteiger partial charge on any atom is 0.240 e. The number of rotatable bonds is 12. The van der Waals surface area contributed by atoms with Crippen molar-refractivity contribution in [3.05, 3.63) is 60.2 Å². The molecular formula is C22H30N2O6S2. The Bertz CT molecular complexity index is 1090. The second-order valence-corrected chi connectivity index (χ2v) is 11.7. The lowest BCUT2D eigenvalue weighted by Gasteiger charge is -2.21. The third-order valence-electron chi connectivity index (χ3n) is 4.83. The van der Waals surface area contributed by atoms with Crippen LogP contribution in [0.3, 0.4) is 0 Å². The summed E-state index contributed by atoms with van der Waals surface area (Å²) in [6, 6.07) is 15.2. The van der Waals surface area contributed by atoms with Crippen molar-refractivity contribution in [1.82, 2.24) is 10.0 Å². The van der Waals surface area contributed by atoms with Gasteiger partial charge in [-0.05, 0) is 42.7 Å². The zero-order valence-corrected chi connectivity index (χ0v) is 20.1. The molecule has 2 unspecified atom stereocenters. The van der Waals surface area contributed by atoms with Crippen molar-refractivity contribution in [1.29, 1.82) is 0 Å². The van der Waals surface area contributed by atoms with Crippen LogP contribution in [0.5, 0.6) is 5.75 Å². The monoisotopic (exact) mass is 482 g/mol. The van der Waals surface area contributed by atoms with E-state index in [0.717, 1.165) is 11.8 Å². The maximum absolute atomic E-state index is 12.6. The fourth-order valence-corrected chi connectivity index (χ4v) is 5.31. The van der Waals surface area contributed by atoms with Gasteiger partial charge in [0.05, 0.1) is 17.8 Å². The molecule has 1 amide bonds. The van der Waals surface area contributed by atoms with Crippen LogP contribution in [0.15, 0.2) is 59.5 Å². The molecule has 2 atom stereocenters. The SMILES string of the molecule is COc1ccc(S(=O)(=O)NCCC(Cc2ccccc2)NC(=O)C(C)CS(C)(=O)=O)cc1. The van der Waals surface area contributed by atoms with Crippen LogP contribution in [0.25, 0.3) is 0 Å². The number of carbonyl (C=O) groups is 1. The molecule has 0 radical (unpaired) electrons. The number of hydrogen-bond donors (Lipinski definition) is 2. The number of nitrogens with one attached hydrogen (secondary N) is 2. The van der Waals surface area contributed by atoms with Gasteiger partial charge in [0, 0.05) is 24.8 Å². The Kier molecular flexibility index (Phi) is 9.23. The van der Waals surface area contributed by atoms with Gasteiger partial charge in [0.1, 0.15) is 15.6 Å². The van der Waals surface area contributed by atoms with Gasteiger partial charge in [0.25, 0.3) is 0 Å². The van der Waals surface area contributed by atoms with Crippen LogP contribution in [0.1, 0.15) is 18.9 Å². The molecule has 0 aliphatic rings. The Hall–Kier alpha value is -2.43. The highest BCUT2D eigenvalue weighted by atomic mass is 32.2. The first kappa shape index (κ1) is 25.8. The topological polar surface area (TPSA) is 119 Å². The van der Waals surface area contributed by atoms with Crippen molar-refractivity contribution in [2.24, 2.45) is 5.92 Å². The molecule has 0 heterocycles. The summed E-state index contributed by atoms with van der Waals surface area (Å²) in [7, 11) is -5.52. The van der Waals surface area contributed by atoms with Gasteiger partial charge in [-0.1, -0.05) is 37.3 Å². The van der Waals surface area contributed by atoms with Gasteiger partial charge in [0.2, 0.25) is 15.9 Å². The van der Waals surface area contributed by atoms with E-state index < -0.39 is 25.8 Å². The molecule has 0 bridgehead atoms. The molecule has 0 spiro atoms. The lowest BCUT2D eigenvalue weighted by molar-refractivity contribution is -0.124. The summed E-state index contributed by atoms with van der Waals surface area (Å²) in [5, 5.41) is 2.87. The Balaban J connectivity index is 2.04. The smallest absolute Gasteiger partial charge is 0.240 e. The highest BCUT2D eigenvalue weighted by molar-refractivity contribution is 7.90. The summed E-state index contributed by atoms with van der Waals surface area (Å²) in [5.74, 6) is -0.785. The minimum absolute atomic E-state index is 0.104. The van der Waals surface area contributed by atoms with E-state index in [0.29, 0.717) is 18.6 Å². The number of ether oxygens (including phenoxy) is 1. The van der Waals surface area contributed by atoms with E-state index in [-0.39, 0.29) is 29.1 Å². The van der Waals surface area contributed by atoms with Crippen molar-refractivity contribution < 1.29 is 26.4 Å². The molecule has 8 nitrogen and oxygen atoms in total. The average Bonchev–Trinajstić information content (AvgIpc) is 2.73. The molecule has 0 fully saturated rings. The number of carbonyl (C=O) groups excluding carboxylic acids is 1. The van der Waals surface area contributed by atoms with Gasteiger partial charge in [-0.15, -0.1) is 0 Å². The highest BCUT2D eigenvalue weighted by Crippen LogP contribution is 2.15. The van der Waals surface area contributed by atoms with Gasteiger partial charge in [-0.2, -0.15) is 0 Å². The molecule has 32 heavy (non-hydrogen) atoms. The summed E-state index contributed by atoms with van der Waals surface area (Å²) in [6.07, 6.45) is 1.91. The van der Waals surface area contributed by atoms with Crippen molar-refractivity contribution in [2.75, 3.05) is 25.7 Å². The first-order chi connectivity index (χ1) is 15.0. The van der Waals surface area contributed by atoms with E-state index in [2.05, 4.69) is 10.0 Å². The summed E-state index contributed by atoms with van der Waals surface area (Å²) in [6.45, 7) is 1.66. The molecule has 176 valence electrons. The Morgan fingerprint density at radius 3 is 2.19 bits per heavy atom. The van der Waals surface area contributed by atoms with Gasteiger partial charge >= 0.3 is 0 Å². The fourth-order valence-electron chi connectivity index (χ4n) is 3.20. The predicted molar refractivity (Wildman–Crippen MR) is 124 cm³/mol. The molecule has 10 heteroatoms. The van der Waals surface area contributed by atoms with Gasteiger partial charge < -0.3 is 10.1 Å². The van der Waals surface area contributed by atoms with Gasteiger partial charge in [0.15, 0.2) is 0 Å². The number of methoxy groups -OCH3 is 1. The van der Waals surface area contributed by atoms with E-state index in [1.54, 1.807) is 19.1 Å². The van der Waals surface area contributed by atoms with Gasteiger partial charge in [-0.25, -0.2) is 21.6 Å². The van der Waals surface area contributed by atoms with Crippen LogP contribution in [-0.4, -0.2) is 54.4 Å². The molecule has 2 aromatic rings. The number of sulfonamides is 1. The maximum atomic E-state index is 12.6. The largest absolute Gasteiger partial charge is 0.497 e. The minimum Gasteiger partial charge on any atom is -0.497 e. The fraction of sp³-hybridized carbons (Fsp3) is 0.409. The summed E-state index contributed by atoms with van der Waals surface area (Å²) < 4.78 is 55.7. The third-order valence-corrected chi connectivity index (χ3v) is 7.41. The quantitative estimate of drug-likeness (QED) is 0.476. The summed E-state index contributed by atoms with van der Waals surface area (Å²) in [4.78, 5) is 12.7. The van der Waals surface area contributed by atoms with Crippen LogP contribution < -0.4 is 14.8 Å². The van der Waals surface area contributed by atoms with Crippen molar-refractivity contribution in [3.8, 4) is 5.75 Å². The normalized spacial score (nSPS) is 13.8. The average molecular weight is 483 g/mol. The van der Waals surface area contributed by atoms with E-state index in [9.17, 15) is 21.6 Å². The molecule has 0 aliphatic carbocycles. The van der Waals surface area contributed by atoms with Crippen molar-refractivity contribution >= 4 is 25.8 Å². The standard InChI is InChI=1S/C22H30N2O6S2/c1-17(16-31(3,26)27)22(25)24-19(15-18-7-5-4-6-8-18)13-14-23-32(28,29)21-11-9-20(30-2)10-12-21/h4-12,17,19,23H,13-16H2,1-3H3,(H,24,25). The number of hydrogen-bond acceptors (Lipinski definition) is 6. The molecule has 0 saturated carbocycles.